The lowest BCUT2D eigenvalue weighted by Crippen LogP contribution is -2.39. The van der Waals surface area contributed by atoms with Gasteiger partial charge in [-0.05, 0) is 35.7 Å². The lowest BCUT2D eigenvalue weighted by atomic mass is 9.82. The second-order valence-corrected chi connectivity index (χ2v) is 4.76. The first-order valence-corrected chi connectivity index (χ1v) is 6.29. The van der Waals surface area contributed by atoms with Crippen LogP contribution in [0.1, 0.15) is 19.8 Å². The fourth-order valence-electron chi connectivity index (χ4n) is 1.62. The molecule has 6 heteroatoms. The minimum Gasteiger partial charge on any atom is -0.466 e. The lowest BCUT2D eigenvalue weighted by molar-refractivity contribution is -0.154. The molecule has 0 bridgehead atoms. The number of hydrogen-bond acceptors (Lipinski definition) is 5. The summed E-state index contributed by atoms with van der Waals surface area (Å²) in [5.74, 6) is -0.167. The molecule has 0 unspecified atom stereocenters. The maximum absolute atomic E-state index is 11.4. The summed E-state index contributed by atoms with van der Waals surface area (Å²) in [4.78, 5) is 19.4. The summed E-state index contributed by atoms with van der Waals surface area (Å²) in [5.41, 5.74) is 0. The Labute approximate surface area is 108 Å². The smallest absolute Gasteiger partial charge is 0.316 e. The fraction of sp³-hybridized carbons (Fsp3) is 0.545. The van der Waals surface area contributed by atoms with E-state index in [-0.39, 0.29) is 18.0 Å². The zero-order valence-electron chi connectivity index (χ0n) is 9.43. The highest BCUT2D eigenvalue weighted by Gasteiger charge is 2.37. The van der Waals surface area contributed by atoms with Gasteiger partial charge in [-0.1, -0.05) is 0 Å². The predicted molar refractivity (Wildman–Crippen MR) is 63.5 cm³/mol. The molecule has 1 saturated carbocycles. The maximum Gasteiger partial charge on any atom is 0.316 e. The highest BCUT2D eigenvalue weighted by Crippen LogP contribution is 2.31. The van der Waals surface area contributed by atoms with Gasteiger partial charge in [0.1, 0.15) is 6.10 Å². The van der Waals surface area contributed by atoms with Crippen LogP contribution in [0.25, 0.3) is 0 Å². The van der Waals surface area contributed by atoms with Crippen molar-refractivity contribution in [2.45, 2.75) is 25.9 Å². The molecule has 5 nitrogen and oxygen atoms in total. The zero-order chi connectivity index (χ0) is 12.3. The van der Waals surface area contributed by atoms with Crippen molar-refractivity contribution in [3.8, 4) is 6.01 Å². The Morgan fingerprint density at radius 2 is 2.12 bits per heavy atom. The number of aromatic nitrogens is 2. The summed E-state index contributed by atoms with van der Waals surface area (Å²) < 4.78 is 11.2. The molecule has 1 heterocycles. The number of halogens is 1. The summed E-state index contributed by atoms with van der Waals surface area (Å²) >= 11 is 3.25. The van der Waals surface area contributed by atoms with Gasteiger partial charge in [0, 0.05) is 12.4 Å². The van der Waals surface area contributed by atoms with Gasteiger partial charge in [0.2, 0.25) is 0 Å². The van der Waals surface area contributed by atoms with E-state index in [0.29, 0.717) is 25.5 Å². The zero-order valence-corrected chi connectivity index (χ0v) is 11.0. The molecule has 0 atom stereocenters. The van der Waals surface area contributed by atoms with E-state index in [1.807, 2.05) is 0 Å². The number of hydrogen-bond donors (Lipinski definition) is 0. The van der Waals surface area contributed by atoms with E-state index in [2.05, 4.69) is 25.9 Å². The molecule has 1 aliphatic carbocycles. The monoisotopic (exact) mass is 300 g/mol. The van der Waals surface area contributed by atoms with E-state index in [9.17, 15) is 4.79 Å². The molecule has 0 radical (unpaired) electrons. The van der Waals surface area contributed by atoms with Gasteiger partial charge >= 0.3 is 12.0 Å². The van der Waals surface area contributed by atoms with E-state index < -0.39 is 0 Å². The van der Waals surface area contributed by atoms with Crippen LogP contribution in [0.3, 0.4) is 0 Å². The van der Waals surface area contributed by atoms with Crippen LogP contribution >= 0.6 is 15.9 Å². The van der Waals surface area contributed by atoms with Gasteiger partial charge in [0.15, 0.2) is 0 Å². The summed E-state index contributed by atoms with van der Waals surface area (Å²) in [6.07, 6.45) is 4.63. The van der Waals surface area contributed by atoms with E-state index in [0.717, 1.165) is 4.47 Å². The van der Waals surface area contributed by atoms with Crippen LogP contribution in [0.2, 0.25) is 0 Å². The van der Waals surface area contributed by atoms with Crippen molar-refractivity contribution in [2.75, 3.05) is 6.61 Å². The first-order valence-electron chi connectivity index (χ1n) is 5.50. The second kappa shape index (κ2) is 5.44. The van der Waals surface area contributed by atoms with Crippen LogP contribution in [0.15, 0.2) is 16.9 Å². The Hall–Kier alpha value is -1.17. The Morgan fingerprint density at radius 1 is 1.47 bits per heavy atom. The van der Waals surface area contributed by atoms with Crippen LogP contribution in [-0.2, 0) is 9.53 Å². The third kappa shape index (κ3) is 3.15. The summed E-state index contributed by atoms with van der Waals surface area (Å²) in [7, 11) is 0. The summed E-state index contributed by atoms with van der Waals surface area (Å²) in [6, 6.07) is 0.348. The van der Waals surface area contributed by atoms with Crippen molar-refractivity contribution in [3.05, 3.63) is 16.9 Å². The number of ether oxygens (including phenoxy) is 2. The van der Waals surface area contributed by atoms with Crippen LogP contribution in [0.5, 0.6) is 6.01 Å². The van der Waals surface area contributed by atoms with E-state index in [1.165, 1.54) is 0 Å². The normalized spacial score (nSPS) is 22.7. The molecule has 0 N–H and O–H groups in total. The van der Waals surface area contributed by atoms with Crippen molar-refractivity contribution < 1.29 is 14.3 Å². The molecule has 1 aromatic rings. The maximum atomic E-state index is 11.4. The number of carbonyl (C=O) groups excluding carboxylic acids is 1. The highest BCUT2D eigenvalue weighted by atomic mass is 79.9. The van der Waals surface area contributed by atoms with Crippen molar-refractivity contribution in [1.29, 1.82) is 0 Å². The molecule has 0 saturated heterocycles. The predicted octanol–water partition coefficient (Wildman–Crippen LogP) is 1.96. The van der Waals surface area contributed by atoms with Crippen LogP contribution < -0.4 is 4.74 Å². The average Bonchev–Trinajstić information content (AvgIpc) is 2.25. The topological polar surface area (TPSA) is 61.3 Å². The third-order valence-electron chi connectivity index (χ3n) is 2.58. The van der Waals surface area contributed by atoms with Crippen molar-refractivity contribution in [2.24, 2.45) is 5.92 Å². The number of esters is 1. The molecule has 2 rings (SSSR count). The van der Waals surface area contributed by atoms with Gasteiger partial charge in [-0.2, -0.15) is 0 Å². The van der Waals surface area contributed by atoms with Gasteiger partial charge in [-0.15, -0.1) is 0 Å². The van der Waals surface area contributed by atoms with Gasteiger partial charge in [0.05, 0.1) is 17.0 Å². The van der Waals surface area contributed by atoms with Gasteiger partial charge in [-0.25, -0.2) is 9.97 Å². The Balaban J connectivity index is 1.77. The quantitative estimate of drug-likeness (QED) is 0.796. The largest absolute Gasteiger partial charge is 0.466 e. The Morgan fingerprint density at radius 3 is 2.71 bits per heavy atom. The first-order chi connectivity index (χ1) is 8.19. The van der Waals surface area contributed by atoms with Crippen LogP contribution in [-0.4, -0.2) is 28.6 Å². The van der Waals surface area contributed by atoms with E-state index in [4.69, 9.17) is 9.47 Å². The van der Waals surface area contributed by atoms with Crippen molar-refractivity contribution >= 4 is 21.9 Å². The Kier molecular flexibility index (Phi) is 3.93. The van der Waals surface area contributed by atoms with Gasteiger partial charge < -0.3 is 9.47 Å². The molecule has 1 aromatic heterocycles. The summed E-state index contributed by atoms with van der Waals surface area (Å²) in [5, 5.41) is 0. The van der Waals surface area contributed by atoms with Crippen LogP contribution in [0, 0.1) is 5.92 Å². The molecule has 0 amide bonds. The molecule has 0 spiro atoms. The minimum absolute atomic E-state index is 0.0191. The standard InChI is InChI=1S/C11H13BrN2O3/c1-2-16-10(15)7-3-9(4-7)17-11-13-5-8(12)6-14-11/h5-7,9H,2-4H2,1H3. The molecular weight excluding hydrogens is 288 g/mol. The van der Waals surface area contributed by atoms with Gasteiger partial charge in [-0.3, -0.25) is 4.79 Å². The van der Waals surface area contributed by atoms with Crippen molar-refractivity contribution in [3.63, 3.8) is 0 Å². The number of carbonyl (C=O) groups is 1. The average molecular weight is 301 g/mol. The van der Waals surface area contributed by atoms with Gasteiger partial charge in [0.25, 0.3) is 0 Å². The third-order valence-corrected chi connectivity index (χ3v) is 2.99. The minimum atomic E-state index is -0.135. The SMILES string of the molecule is CCOC(=O)C1CC(Oc2ncc(Br)cn2)C1. The molecule has 92 valence electrons. The number of rotatable bonds is 4. The summed E-state index contributed by atoms with van der Waals surface area (Å²) in [6.45, 7) is 2.23. The Bertz CT molecular complexity index is 390. The molecule has 17 heavy (non-hydrogen) atoms. The fourth-order valence-corrected chi connectivity index (χ4v) is 1.83. The van der Waals surface area contributed by atoms with Crippen LogP contribution in [0.4, 0.5) is 0 Å². The first kappa shape index (κ1) is 12.3. The number of nitrogens with zero attached hydrogens (tertiary/aromatic N) is 2. The second-order valence-electron chi connectivity index (χ2n) is 3.84. The molecular formula is C11H13BrN2O3. The highest BCUT2D eigenvalue weighted by molar-refractivity contribution is 9.10. The lowest BCUT2D eigenvalue weighted by Gasteiger charge is -2.32. The van der Waals surface area contributed by atoms with Crippen molar-refractivity contribution in [1.82, 2.24) is 9.97 Å². The molecule has 0 aliphatic heterocycles. The molecule has 1 aliphatic rings. The van der Waals surface area contributed by atoms with E-state index in [1.54, 1.807) is 19.3 Å². The molecule has 0 aromatic carbocycles. The van der Waals surface area contributed by atoms with E-state index >= 15 is 0 Å². The molecule has 1 fully saturated rings.